The summed E-state index contributed by atoms with van der Waals surface area (Å²) >= 11 is 0. The van der Waals surface area contributed by atoms with Crippen LogP contribution in [-0.4, -0.2) is 39.4 Å². The molecule has 1 fully saturated rings. The molecule has 2 aliphatic heterocycles. The number of hydrogen-bond acceptors (Lipinski definition) is 4. The van der Waals surface area contributed by atoms with Gasteiger partial charge in [-0.2, -0.15) is 5.10 Å². The molecule has 0 radical (unpaired) electrons. The highest BCUT2D eigenvalue weighted by atomic mass is 16.5. The second-order valence-corrected chi connectivity index (χ2v) is 7.63. The fourth-order valence-electron chi connectivity index (χ4n) is 3.87. The molecule has 7 nitrogen and oxygen atoms in total. The lowest BCUT2D eigenvalue weighted by Crippen LogP contribution is -2.37. The van der Waals surface area contributed by atoms with Crippen molar-refractivity contribution < 1.29 is 4.74 Å². The summed E-state index contributed by atoms with van der Waals surface area (Å²) in [6.07, 6.45) is 7.61. The van der Waals surface area contributed by atoms with E-state index in [1.165, 1.54) is 5.57 Å². The Kier molecular flexibility index (Phi) is 5.17. The summed E-state index contributed by atoms with van der Waals surface area (Å²) in [5.41, 5.74) is 4.38. The van der Waals surface area contributed by atoms with Crippen molar-refractivity contribution in [3.63, 3.8) is 0 Å². The van der Waals surface area contributed by atoms with Gasteiger partial charge in [0.05, 0.1) is 31.1 Å². The number of allylic oxidation sites excluding steroid dienone is 2. The lowest BCUT2D eigenvalue weighted by atomic mass is 9.88. The van der Waals surface area contributed by atoms with E-state index in [4.69, 9.17) is 9.73 Å². The first-order valence-electron chi connectivity index (χ1n) is 9.93. The quantitative estimate of drug-likeness (QED) is 0.864. The Hall–Kier alpha value is -2.67. The highest BCUT2D eigenvalue weighted by molar-refractivity contribution is 5.91. The zero-order valence-corrected chi connectivity index (χ0v) is 16.7. The maximum absolute atomic E-state index is 12.0. The largest absolute Gasteiger partial charge is 0.377 e. The number of aliphatic imine (C=N–C) groups is 1. The predicted molar refractivity (Wildman–Crippen MR) is 110 cm³/mol. The molecule has 0 aromatic carbocycles. The molecule has 1 unspecified atom stereocenters. The van der Waals surface area contributed by atoms with Gasteiger partial charge < -0.3 is 14.6 Å². The van der Waals surface area contributed by atoms with E-state index in [0.717, 1.165) is 48.8 Å². The first kappa shape index (κ1) is 18.7. The normalized spacial score (nSPS) is 21.7. The Labute approximate surface area is 164 Å². The average molecular weight is 381 g/mol. The molecule has 4 heterocycles. The summed E-state index contributed by atoms with van der Waals surface area (Å²) in [5, 5.41) is 8.01. The maximum Gasteiger partial charge on any atom is 0.250 e. The van der Waals surface area contributed by atoms with Gasteiger partial charge >= 0.3 is 0 Å². The highest BCUT2D eigenvalue weighted by Crippen LogP contribution is 2.32. The molecule has 2 aromatic heterocycles. The van der Waals surface area contributed by atoms with Gasteiger partial charge in [-0.1, -0.05) is 13.8 Å². The monoisotopic (exact) mass is 381 g/mol. The molecule has 148 valence electrons. The van der Waals surface area contributed by atoms with Gasteiger partial charge in [-0.3, -0.25) is 9.79 Å². The van der Waals surface area contributed by atoms with Crippen molar-refractivity contribution in [2.45, 2.75) is 46.2 Å². The van der Waals surface area contributed by atoms with Crippen molar-refractivity contribution in [2.75, 3.05) is 13.2 Å². The van der Waals surface area contributed by atoms with E-state index in [-0.39, 0.29) is 5.56 Å². The number of amidine groups is 1. The number of pyridine rings is 1. The van der Waals surface area contributed by atoms with Crippen LogP contribution in [0.2, 0.25) is 0 Å². The van der Waals surface area contributed by atoms with Crippen LogP contribution in [0, 0.1) is 5.92 Å². The molecule has 0 spiro atoms. The molecule has 0 amide bonds. The summed E-state index contributed by atoms with van der Waals surface area (Å²) in [6.45, 7) is 8.54. The van der Waals surface area contributed by atoms with Crippen LogP contribution in [-0.2, 0) is 11.3 Å². The summed E-state index contributed by atoms with van der Waals surface area (Å²) in [4.78, 5) is 16.7. The number of aromatic nitrogens is 3. The van der Waals surface area contributed by atoms with E-state index in [2.05, 4.69) is 31.2 Å². The summed E-state index contributed by atoms with van der Waals surface area (Å²) < 4.78 is 8.79. The first-order valence-corrected chi connectivity index (χ1v) is 9.93. The molecule has 4 rings (SSSR count). The first-order chi connectivity index (χ1) is 13.5. The van der Waals surface area contributed by atoms with E-state index in [1.54, 1.807) is 10.6 Å². The molecule has 7 heteroatoms. The number of ether oxygens (including phenoxy) is 1. The van der Waals surface area contributed by atoms with E-state index in [1.807, 2.05) is 29.3 Å². The van der Waals surface area contributed by atoms with Crippen LogP contribution in [0.15, 0.2) is 46.2 Å². The Bertz CT molecular complexity index is 981. The van der Waals surface area contributed by atoms with Gasteiger partial charge in [-0.05, 0) is 30.9 Å². The van der Waals surface area contributed by atoms with Crippen molar-refractivity contribution in [3.05, 3.63) is 52.3 Å². The Morgan fingerprint density at radius 1 is 1.32 bits per heavy atom. The fraction of sp³-hybridized carbons (Fsp3) is 0.476. The molecule has 1 N–H and O–H groups in total. The number of hydrogen-bond donors (Lipinski definition) is 1. The number of rotatable bonds is 5. The minimum absolute atomic E-state index is 0.0188. The van der Waals surface area contributed by atoms with Crippen molar-refractivity contribution in [3.8, 4) is 5.69 Å². The van der Waals surface area contributed by atoms with Crippen LogP contribution < -0.4 is 10.9 Å². The van der Waals surface area contributed by atoms with Crippen LogP contribution in [0.25, 0.3) is 11.3 Å². The third-order valence-electron chi connectivity index (χ3n) is 5.28. The molecule has 2 aromatic rings. The maximum atomic E-state index is 12.0. The van der Waals surface area contributed by atoms with E-state index >= 15 is 0 Å². The van der Waals surface area contributed by atoms with Crippen LogP contribution >= 0.6 is 0 Å². The molecule has 28 heavy (non-hydrogen) atoms. The van der Waals surface area contributed by atoms with E-state index in [0.29, 0.717) is 18.5 Å². The third-order valence-corrected chi connectivity index (χ3v) is 5.28. The van der Waals surface area contributed by atoms with Crippen molar-refractivity contribution >= 4 is 11.4 Å². The Balaban J connectivity index is 1.60. The summed E-state index contributed by atoms with van der Waals surface area (Å²) in [5.74, 6) is 1.40. The minimum Gasteiger partial charge on any atom is -0.377 e. The van der Waals surface area contributed by atoms with Crippen LogP contribution in [0.4, 0.5) is 0 Å². The Morgan fingerprint density at radius 3 is 2.82 bits per heavy atom. The zero-order chi connectivity index (χ0) is 19.7. The van der Waals surface area contributed by atoms with E-state index in [9.17, 15) is 4.79 Å². The van der Waals surface area contributed by atoms with Gasteiger partial charge in [0.25, 0.3) is 5.56 Å². The van der Waals surface area contributed by atoms with E-state index < -0.39 is 0 Å². The number of nitrogens with one attached hydrogen (secondary N) is 1. The van der Waals surface area contributed by atoms with Gasteiger partial charge in [0, 0.05) is 42.7 Å². The van der Waals surface area contributed by atoms with Gasteiger partial charge in [-0.15, -0.1) is 0 Å². The van der Waals surface area contributed by atoms with Crippen LogP contribution in [0.1, 0.15) is 39.2 Å². The van der Waals surface area contributed by atoms with Crippen molar-refractivity contribution in [1.29, 1.82) is 0 Å². The summed E-state index contributed by atoms with van der Waals surface area (Å²) in [7, 11) is 0. The molecule has 2 aliphatic rings. The SMILES string of the molecule is CCCn1cc(-n2cc(C3=C(C)NC(=NC4COC4)CC3C)cn2)ccc1=O. The van der Waals surface area contributed by atoms with Crippen molar-refractivity contribution in [2.24, 2.45) is 10.9 Å². The van der Waals surface area contributed by atoms with Gasteiger partial charge in [0.1, 0.15) is 5.84 Å². The molecule has 0 bridgehead atoms. The molecular formula is C21H27N5O2. The van der Waals surface area contributed by atoms with Crippen LogP contribution in [0.3, 0.4) is 0 Å². The topological polar surface area (TPSA) is 73.4 Å². The standard InChI is InChI=1S/C21H27N5O2/c1-4-7-25-11-18(5-6-20(25)27)26-10-16(9-22-26)21-14(2)8-19(23-15(21)3)24-17-12-28-13-17/h5-6,9-11,14,17H,4,7-8,12-13H2,1-3H3,(H,23,24). The van der Waals surface area contributed by atoms with Gasteiger partial charge in [-0.25, -0.2) is 4.68 Å². The van der Waals surface area contributed by atoms with Crippen molar-refractivity contribution in [1.82, 2.24) is 19.7 Å². The predicted octanol–water partition coefficient (Wildman–Crippen LogP) is 2.60. The number of aryl methyl sites for hydroxylation is 1. The zero-order valence-electron chi connectivity index (χ0n) is 16.7. The lowest BCUT2D eigenvalue weighted by Gasteiger charge is -2.29. The van der Waals surface area contributed by atoms with Gasteiger partial charge in [0.15, 0.2) is 0 Å². The molecular weight excluding hydrogens is 354 g/mol. The van der Waals surface area contributed by atoms with Crippen LogP contribution in [0.5, 0.6) is 0 Å². The highest BCUT2D eigenvalue weighted by Gasteiger charge is 2.25. The molecule has 0 aliphatic carbocycles. The molecule has 1 saturated heterocycles. The van der Waals surface area contributed by atoms with Gasteiger partial charge in [0.2, 0.25) is 0 Å². The summed E-state index contributed by atoms with van der Waals surface area (Å²) in [6, 6.07) is 3.72. The third kappa shape index (κ3) is 3.67. The number of nitrogens with zero attached hydrogens (tertiary/aromatic N) is 4. The minimum atomic E-state index is 0.0188. The smallest absolute Gasteiger partial charge is 0.250 e. The lowest BCUT2D eigenvalue weighted by molar-refractivity contribution is 0.0130. The second-order valence-electron chi connectivity index (χ2n) is 7.63. The fourth-order valence-corrected chi connectivity index (χ4v) is 3.87. The molecule has 0 saturated carbocycles. The average Bonchev–Trinajstić information content (AvgIpc) is 3.09. The Morgan fingerprint density at radius 2 is 2.14 bits per heavy atom. The second kappa shape index (κ2) is 7.75. The molecule has 1 atom stereocenters.